The highest BCUT2D eigenvalue weighted by atomic mass is 35.5. The lowest BCUT2D eigenvalue weighted by Gasteiger charge is -2.46. The van der Waals surface area contributed by atoms with Gasteiger partial charge < -0.3 is 24.1 Å². The van der Waals surface area contributed by atoms with Gasteiger partial charge in [-0.3, -0.25) is 4.79 Å². The molecule has 2 atom stereocenters. The highest BCUT2D eigenvalue weighted by Gasteiger charge is 2.64. The molecule has 1 aliphatic heterocycles. The molecule has 0 radical (unpaired) electrons. The highest BCUT2D eigenvalue weighted by molar-refractivity contribution is 6.31. The van der Waals surface area contributed by atoms with Crippen molar-refractivity contribution in [2.24, 2.45) is 0 Å². The summed E-state index contributed by atoms with van der Waals surface area (Å²) in [5.41, 5.74) is 0.493. The van der Waals surface area contributed by atoms with Crippen molar-refractivity contribution in [1.82, 2.24) is 0 Å². The lowest BCUT2D eigenvalue weighted by molar-refractivity contribution is -0.346. The molecule has 1 heterocycles. The third-order valence-electron chi connectivity index (χ3n) is 4.25. The van der Waals surface area contributed by atoms with Gasteiger partial charge in [-0.15, -0.1) is 0 Å². The zero-order chi connectivity index (χ0) is 18.2. The fraction of sp³-hybridized carbons (Fsp3) is 0.278. The van der Waals surface area contributed by atoms with Crippen LogP contribution >= 0.6 is 11.6 Å². The van der Waals surface area contributed by atoms with Crippen molar-refractivity contribution in [3.05, 3.63) is 58.6 Å². The van der Waals surface area contributed by atoms with E-state index < -0.39 is 17.4 Å². The van der Waals surface area contributed by atoms with Gasteiger partial charge >= 0.3 is 5.79 Å². The number of rotatable bonds is 4. The molecule has 1 aliphatic rings. The van der Waals surface area contributed by atoms with Crippen LogP contribution in [0.3, 0.4) is 0 Å². The number of aliphatic hydroxyl groups is 1. The van der Waals surface area contributed by atoms with E-state index in [-0.39, 0.29) is 11.3 Å². The molecule has 0 bridgehead atoms. The Bertz CT molecular complexity index is 806. The average Bonchev–Trinajstić information content (AvgIpc) is 2.65. The third kappa shape index (κ3) is 2.49. The lowest BCUT2D eigenvalue weighted by Crippen LogP contribution is -2.64. The molecule has 25 heavy (non-hydrogen) atoms. The minimum atomic E-state index is -2.41. The van der Waals surface area contributed by atoms with Gasteiger partial charge in [0.1, 0.15) is 11.5 Å². The van der Waals surface area contributed by atoms with Crippen LogP contribution in [0.2, 0.25) is 5.02 Å². The number of ether oxygens (including phenoxy) is 4. The number of benzene rings is 2. The van der Waals surface area contributed by atoms with Crippen LogP contribution in [0.5, 0.6) is 11.5 Å². The van der Waals surface area contributed by atoms with Crippen molar-refractivity contribution in [1.29, 1.82) is 0 Å². The first-order valence-electron chi connectivity index (χ1n) is 7.42. The monoisotopic (exact) mass is 364 g/mol. The first-order valence-corrected chi connectivity index (χ1v) is 7.80. The predicted molar refractivity (Wildman–Crippen MR) is 90.1 cm³/mol. The molecular formula is C18H17ClO6. The largest absolute Gasteiger partial charge is 0.497 e. The molecule has 3 rings (SSSR count). The molecule has 0 saturated heterocycles. The molecule has 0 aromatic heterocycles. The number of carbonyl (C=O) groups is 1. The Hall–Kier alpha value is -2.12. The molecule has 0 aliphatic carbocycles. The Morgan fingerprint density at radius 1 is 1.04 bits per heavy atom. The quantitative estimate of drug-likeness (QED) is 0.841. The van der Waals surface area contributed by atoms with Gasteiger partial charge in [0.05, 0.1) is 12.7 Å². The predicted octanol–water partition coefficient (Wildman–Crippen LogP) is 2.76. The van der Waals surface area contributed by atoms with Crippen molar-refractivity contribution < 1.29 is 28.8 Å². The van der Waals surface area contributed by atoms with E-state index in [1.807, 2.05) is 0 Å². The Balaban J connectivity index is 2.23. The highest BCUT2D eigenvalue weighted by Crippen LogP contribution is 2.47. The van der Waals surface area contributed by atoms with E-state index >= 15 is 0 Å². The number of halogens is 1. The molecule has 2 unspecified atom stereocenters. The molecule has 2 aromatic carbocycles. The molecule has 2 aromatic rings. The van der Waals surface area contributed by atoms with Gasteiger partial charge in [0.2, 0.25) is 5.78 Å². The Labute approximate surface area is 149 Å². The van der Waals surface area contributed by atoms with Crippen LogP contribution in [0, 0.1) is 0 Å². The summed E-state index contributed by atoms with van der Waals surface area (Å²) in [5.74, 6) is -4.18. The number of carbonyl (C=O) groups excluding carboxylic acids is 1. The second kappa shape index (κ2) is 6.31. The molecule has 1 N–H and O–H groups in total. The minimum Gasteiger partial charge on any atom is -0.497 e. The zero-order valence-corrected chi connectivity index (χ0v) is 14.7. The van der Waals surface area contributed by atoms with Crippen molar-refractivity contribution in [3.8, 4) is 11.5 Å². The van der Waals surface area contributed by atoms with Crippen LogP contribution in [-0.2, 0) is 15.3 Å². The van der Waals surface area contributed by atoms with Crippen molar-refractivity contribution in [3.63, 3.8) is 0 Å². The molecule has 0 fully saturated rings. The number of hydrogen-bond donors (Lipinski definition) is 1. The van der Waals surface area contributed by atoms with Crippen LogP contribution in [-0.4, -0.2) is 38.0 Å². The molecule has 0 spiro atoms. The average molecular weight is 365 g/mol. The first-order chi connectivity index (χ1) is 11.9. The molecule has 0 saturated carbocycles. The lowest BCUT2D eigenvalue weighted by atomic mass is 9.86. The van der Waals surface area contributed by atoms with E-state index in [0.717, 1.165) is 0 Å². The van der Waals surface area contributed by atoms with E-state index in [4.69, 9.17) is 30.5 Å². The minimum absolute atomic E-state index is 0.109. The second-order valence-electron chi connectivity index (χ2n) is 5.47. The summed E-state index contributed by atoms with van der Waals surface area (Å²) in [5, 5.41) is 11.4. The third-order valence-corrected chi connectivity index (χ3v) is 4.48. The number of Topliss-reactive ketones (excluding diaryl/α,β-unsaturated/α-hetero) is 1. The smallest absolute Gasteiger partial charge is 0.304 e. The number of hydrogen-bond acceptors (Lipinski definition) is 6. The van der Waals surface area contributed by atoms with E-state index in [1.165, 1.54) is 27.4 Å². The molecule has 0 amide bonds. The van der Waals surface area contributed by atoms with E-state index in [0.29, 0.717) is 16.3 Å². The summed E-state index contributed by atoms with van der Waals surface area (Å²) in [6, 6.07) is 11.1. The van der Waals surface area contributed by atoms with Gasteiger partial charge in [0, 0.05) is 24.8 Å². The van der Waals surface area contributed by atoms with Crippen molar-refractivity contribution in [2.75, 3.05) is 21.3 Å². The maximum absolute atomic E-state index is 13.0. The summed E-state index contributed by atoms with van der Waals surface area (Å²) in [6.07, 6.45) is 0. The van der Waals surface area contributed by atoms with Gasteiger partial charge in [-0.05, 0) is 42.5 Å². The Morgan fingerprint density at radius 2 is 1.72 bits per heavy atom. The molecular weight excluding hydrogens is 348 g/mol. The van der Waals surface area contributed by atoms with Gasteiger partial charge in [-0.25, -0.2) is 0 Å². The summed E-state index contributed by atoms with van der Waals surface area (Å²) in [6.45, 7) is 0. The van der Waals surface area contributed by atoms with Crippen molar-refractivity contribution >= 4 is 17.4 Å². The molecule has 7 heteroatoms. The summed E-state index contributed by atoms with van der Waals surface area (Å²) in [4.78, 5) is 13.0. The van der Waals surface area contributed by atoms with Crippen LogP contribution in [0.1, 0.15) is 15.9 Å². The van der Waals surface area contributed by atoms with E-state index in [2.05, 4.69) is 0 Å². The fourth-order valence-electron chi connectivity index (χ4n) is 2.91. The first kappa shape index (κ1) is 17.7. The fourth-order valence-corrected chi connectivity index (χ4v) is 3.09. The standard InChI is InChI=1S/C18H17ClO6/c1-22-13-7-4-11(5-8-13)18(24-3)17(21,23-2)16(20)14-10-12(19)6-9-15(14)25-18/h4-10,21H,1-3H3. The van der Waals surface area contributed by atoms with E-state index in [9.17, 15) is 9.90 Å². The number of fused-ring (bicyclic) bond motifs is 1. The molecule has 132 valence electrons. The maximum Gasteiger partial charge on any atom is 0.304 e. The van der Waals surface area contributed by atoms with Gasteiger partial charge in [0.25, 0.3) is 5.79 Å². The second-order valence-corrected chi connectivity index (χ2v) is 5.91. The Kier molecular flexibility index (Phi) is 4.47. The van der Waals surface area contributed by atoms with Crippen molar-refractivity contribution in [2.45, 2.75) is 11.6 Å². The van der Waals surface area contributed by atoms with Crippen LogP contribution in [0.15, 0.2) is 42.5 Å². The number of ketones is 1. The topological polar surface area (TPSA) is 74.2 Å². The van der Waals surface area contributed by atoms with Gasteiger partial charge in [-0.2, -0.15) is 0 Å². The van der Waals surface area contributed by atoms with E-state index in [1.54, 1.807) is 36.4 Å². The normalized spacial score (nSPS) is 25.2. The van der Waals surface area contributed by atoms with Gasteiger partial charge in [-0.1, -0.05) is 11.6 Å². The summed E-state index contributed by atoms with van der Waals surface area (Å²) >= 11 is 5.96. The van der Waals surface area contributed by atoms with Gasteiger partial charge in [0.15, 0.2) is 0 Å². The number of methoxy groups -OCH3 is 3. The Morgan fingerprint density at radius 3 is 2.28 bits per heavy atom. The summed E-state index contributed by atoms with van der Waals surface area (Å²) in [7, 11) is 4.06. The van der Waals surface area contributed by atoms with Crippen LogP contribution in [0.25, 0.3) is 0 Å². The SMILES string of the molecule is COc1ccc(C2(OC)Oc3ccc(Cl)cc3C(=O)C2(O)OC)cc1. The zero-order valence-electron chi connectivity index (χ0n) is 13.9. The molecule has 6 nitrogen and oxygen atoms in total. The van der Waals surface area contributed by atoms with Crippen LogP contribution in [0.4, 0.5) is 0 Å². The van der Waals surface area contributed by atoms with Crippen LogP contribution < -0.4 is 9.47 Å². The summed E-state index contributed by atoms with van der Waals surface area (Å²) < 4.78 is 21.8. The maximum atomic E-state index is 13.0.